The van der Waals surface area contributed by atoms with E-state index in [1.807, 2.05) is 0 Å². The molecule has 1 aromatic carbocycles. The fraction of sp³-hybridized carbons (Fsp3) is 0.111. The van der Waals surface area contributed by atoms with E-state index in [0.29, 0.717) is 5.52 Å². The third kappa shape index (κ3) is 1.01. The zero-order valence-corrected chi connectivity index (χ0v) is 7.34. The lowest BCUT2D eigenvalue weighted by Crippen LogP contribution is -2.01. The molecule has 14 heavy (non-hydrogen) atoms. The summed E-state index contributed by atoms with van der Waals surface area (Å²) in [5.74, 6) is -0.670. The lowest BCUT2D eigenvalue weighted by atomic mass is 10.1. The van der Waals surface area contributed by atoms with E-state index in [1.165, 1.54) is 10.7 Å². The number of aryl methyl sites for hydroxylation is 1. The van der Waals surface area contributed by atoms with Crippen molar-refractivity contribution in [2.75, 3.05) is 0 Å². The Balaban J connectivity index is 2.98. The Kier molecular flexibility index (Phi) is 1.64. The highest BCUT2D eigenvalue weighted by molar-refractivity contribution is 5.80. The van der Waals surface area contributed by atoms with E-state index in [0.717, 1.165) is 6.07 Å². The maximum absolute atomic E-state index is 13.1. The largest absolute Gasteiger partial charge is 0.288 e. The second-order valence-corrected chi connectivity index (χ2v) is 2.96. The molecule has 0 aliphatic heterocycles. The molecular formula is C9H6FN3O. The summed E-state index contributed by atoms with van der Waals surface area (Å²) < 4.78 is 14.6. The van der Waals surface area contributed by atoms with Crippen molar-refractivity contribution in [1.29, 1.82) is 5.26 Å². The fourth-order valence-electron chi connectivity index (χ4n) is 1.38. The number of halogens is 1. The van der Waals surface area contributed by atoms with Crippen LogP contribution in [0.2, 0.25) is 0 Å². The van der Waals surface area contributed by atoms with Crippen molar-refractivity contribution in [3.63, 3.8) is 0 Å². The number of nitriles is 1. The van der Waals surface area contributed by atoms with Gasteiger partial charge in [-0.2, -0.15) is 5.26 Å². The molecule has 0 saturated heterocycles. The maximum atomic E-state index is 13.1. The number of aromatic nitrogens is 2. The first-order valence-electron chi connectivity index (χ1n) is 3.92. The van der Waals surface area contributed by atoms with Crippen LogP contribution in [0.4, 0.5) is 4.39 Å². The number of nitrogens with zero attached hydrogens (tertiary/aromatic N) is 2. The summed E-state index contributed by atoms with van der Waals surface area (Å²) in [7, 11) is 1.63. The first kappa shape index (κ1) is 8.51. The number of hydrogen-bond acceptors (Lipinski definition) is 2. The molecule has 0 aliphatic carbocycles. The van der Waals surface area contributed by atoms with Crippen molar-refractivity contribution < 1.29 is 4.39 Å². The summed E-state index contributed by atoms with van der Waals surface area (Å²) >= 11 is 0. The lowest BCUT2D eigenvalue weighted by molar-refractivity contribution is 0.625. The van der Waals surface area contributed by atoms with Crippen molar-refractivity contribution in [2.24, 2.45) is 7.05 Å². The lowest BCUT2D eigenvalue weighted by Gasteiger charge is -1.95. The molecule has 0 radical (unpaired) electrons. The van der Waals surface area contributed by atoms with Crippen LogP contribution in [0.1, 0.15) is 5.56 Å². The molecule has 1 N–H and O–H groups in total. The van der Waals surface area contributed by atoms with E-state index in [1.54, 1.807) is 13.1 Å². The third-order valence-corrected chi connectivity index (χ3v) is 2.08. The maximum Gasteiger partial charge on any atom is 0.272 e. The number of fused-ring (bicyclic) bond motifs is 1. The summed E-state index contributed by atoms with van der Waals surface area (Å²) in [4.78, 5) is 11.2. The average Bonchev–Trinajstić information content (AvgIpc) is 2.41. The zero-order valence-electron chi connectivity index (χ0n) is 7.34. The molecule has 2 rings (SSSR count). The van der Waals surface area contributed by atoms with Crippen LogP contribution in [0, 0.1) is 17.1 Å². The second kappa shape index (κ2) is 2.70. The van der Waals surface area contributed by atoms with Gasteiger partial charge < -0.3 is 0 Å². The van der Waals surface area contributed by atoms with Gasteiger partial charge in [0.05, 0.1) is 16.5 Å². The van der Waals surface area contributed by atoms with Crippen LogP contribution in [0.15, 0.2) is 16.9 Å². The number of benzene rings is 1. The van der Waals surface area contributed by atoms with Gasteiger partial charge in [0.25, 0.3) is 5.56 Å². The van der Waals surface area contributed by atoms with Crippen molar-refractivity contribution >= 4 is 10.9 Å². The van der Waals surface area contributed by atoms with Gasteiger partial charge in [0.15, 0.2) is 0 Å². The van der Waals surface area contributed by atoms with Gasteiger partial charge >= 0.3 is 0 Å². The molecule has 0 bridgehead atoms. The number of nitrogens with one attached hydrogen (secondary N) is 1. The van der Waals surface area contributed by atoms with Gasteiger partial charge in [0.1, 0.15) is 11.9 Å². The molecular weight excluding hydrogens is 185 g/mol. The van der Waals surface area contributed by atoms with Gasteiger partial charge in [-0.1, -0.05) is 0 Å². The second-order valence-electron chi connectivity index (χ2n) is 2.96. The predicted molar refractivity (Wildman–Crippen MR) is 48.2 cm³/mol. The molecule has 0 saturated carbocycles. The minimum Gasteiger partial charge on any atom is -0.288 e. The molecule has 0 spiro atoms. The van der Waals surface area contributed by atoms with Gasteiger partial charge in [-0.25, -0.2) is 4.39 Å². The highest BCUT2D eigenvalue weighted by Gasteiger charge is 2.09. The quantitative estimate of drug-likeness (QED) is 0.671. The highest BCUT2D eigenvalue weighted by atomic mass is 19.1. The molecule has 0 fully saturated rings. The molecule has 5 heteroatoms. The molecule has 0 aliphatic rings. The molecule has 1 aromatic heterocycles. The minimum absolute atomic E-state index is 0.0629. The number of aromatic amines is 1. The molecule has 0 amide bonds. The SMILES string of the molecule is Cn1[nH]c(=O)c2cc(F)c(C#N)cc21. The van der Waals surface area contributed by atoms with Crippen LogP contribution in [0.25, 0.3) is 10.9 Å². The van der Waals surface area contributed by atoms with Gasteiger partial charge in [-0.3, -0.25) is 14.6 Å². The summed E-state index contributed by atoms with van der Waals surface area (Å²) in [5, 5.41) is 11.3. The Hall–Kier alpha value is -2.09. The van der Waals surface area contributed by atoms with Crippen LogP contribution in [0.5, 0.6) is 0 Å². The highest BCUT2D eigenvalue weighted by Crippen LogP contribution is 2.14. The van der Waals surface area contributed by atoms with Crippen molar-refractivity contribution in [3.8, 4) is 6.07 Å². The van der Waals surface area contributed by atoms with E-state index >= 15 is 0 Å². The van der Waals surface area contributed by atoms with Gasteiger partial charge in [-0.05, 0) is 12.1 Å². The van der Waals surface area contributed by atoms with Crippen LogP contribution in [0.3, 0.4) is 0 Å². The Morgan fingerprint density at radius 1 is 1.57 bits per heavy atom. The molecule has 2 aromatic rings. The Labute approximate surface area is 78.2 Å². The zero-order chi connectivity index (χ0) is 10.3. The van der Waals surface area contributed by atoms with E-state index in [9.17, 15) is 9.18 Å². The molecule has 1 heterocycles. The minimum atomic E-state index is -0.670. The molecule has 4 nitrogen and oxygen atoms in total. The summed E-state index contributed by atoms with van der Waals surface area (Å²) in [6.45, 7) is 0. The predicted octanol–water partition coefficient (Wildman–Crippen LogP) is 0.877. The van der Waals surface area contributed by atoms with Crippen molar-refractivity contribution in [1.82, 2.24) is 9.78 Å². The molecule has 0 atom stereocenters. The fourth-order valence-corrected chi connectivity index (χ4v) is 1.38. The van der Waals surface area contributed by atoms with Gasteiger partial charge in [-0.15, -0.1) is 0 Å². The van der Waals surface area contributed by atoms with Gasteiger partial charge in [0.2, 0.25) is 0 Å². The third-order valence-electron chi connectivity index (χ3n) is 2.08. The van der Waals surface area contributed by atoms with Crippen molar-refractivity contribution in [2.45, 2.75) is 0 Å². The van der Waals surface area contributed by atoms with E-state index in [4.69, 9.17) is 5.26 Å². The number of H-pyrrole nitrogens is 1. The molecule has 70 valence electrons. The molecule has 0 unspecified atom stereocenters. The topological polar surface area (TPSA) is 61.6 Å². The standard InChI is InChI=1S/C9H6FN3O/c1-13-8-2-5(4-11)7(10)3-6(8)9(14)12-13/h2-3H,1H3,(H,12,14). The number of rotatable bonds is 0. The number of hydrogen-bond donors (Lipinski definition) is 1. The Bertz CT molecular complexity index is 603. The first-order chi connectivity index (χ1) is 6.63. The summed E-state index contributed by atoms with van der Waals surface area (Å²) in [6, 6.07) is 4.15. The van der Waals surface area contributed by atoms with E-state index in [-0.39, 0.29) is 16.5 Å². The summed E-state index contributed by atoms with van der Waals surface area (Å²) in [6.07, 6.45) is 0. The van der Waals surface area contributed by atoms with Crippen molar-refractivity contribution in [3.05, 3.63) is 33.9 Å². The van der Waals surface area contributed by atoms with Crippen LogP contribution < -0.4 is 5.56 Å². The average molecular weight is 191 g/mol. The smallest absolute Gasteiger partial charge is 0.272 e. The van der Waals surface area contributed by atoms with Crippen LogP contribution in [-0.2, 0) is 7.05 Å². The Morgan fingerprint density at radius 3 is 2.93 bits per heavy atom. The Morgan fingerprint density at radius 2 is 2.29 bits per heavy atom. The van der Waals surface area contributed by atoms with Gasteiger partial charge in [0, 0.05) is 7.05 Å². The normalized spacial score (nSPS) is 10.4. The van der Waals surface area contributed by atoms with E-state index < -0.39 is 5.82 Å². The van der Waals surface area contributed by atoms with Crippen LogP contribution in [-0.4, -0.2) is 9.78 Å². The van der Waals surface area contributed by atoms with E-state index in [2.05, 4.69) is 5.10 Å². The first-order valence-corrected chi connectivity index (χ1v) is 3.92. The summed E-state index contributed by atoms with van der Waals surface area (Å²) in [5.41, 5.74) is 0.103. The monoisotopic (exact) mass is 191 g/mol. The van der Waals surface area contributed by atoms with Crippen LogP contribution >= 0.6 is 0 Å².